The first-order chi connectivity index (χ1) is 7.19. The summed E-state index contributed by atoms with van der Waals surface area (Å²) in [6.45, 7) is 6.60. The summed E-state index contributed by atoms with van der Waals surface area (Å²) < 4.78 is 0. The molecule has 0 aromatic rings. The van der Waals surface area contributed by atoms with Gasteiger partial charge in [-0.2, -0.15) is 5.26 Å². The van der Waals surface area contributed by atoms with Crippen molar-refractivity contribution in [2.24, 2.45) is 17.3 Å². The van der Waals surface area contributed by atoms with Crippen LogP contribution >= 0.6 is 0 Å². The Morgan fingerprint density at radius 1 is 1.47 bits per heavy atom. The molecule has 2 fully saturated rings. The van der Waals surface area contributed by atoms with Crippen LogP contribution in [0.3, 0.4) is 0 Å². The summed E-state index contributed by atoms with van der Waals surface area (Å²) >= 11 is 0. The van der Waals surface area contributed by atoms with E-state index in [9.17, 15) is 5.26 Å². The van der Waals surface area contributed by atoms with Crippen LogP contribution in [0.5, 0.6) is 0 Å². The molecule has 84 valence electrons. The molecule has 1 spiro atoms. The summed E-state index contributed by atoms with van der Waals surface area (Å²) in [6, 6.07) is 2.56. The highest BCUT2D eigenvalue weighted by molar-refractivity contribution is 5.06. The van der Waals surface area contributed by atoms with Crippen LogP contribution in [0.15, 0.2) is 0 Å². The van der Waals surface area contributed by atoms with E-state index in [1.54, 1.807) is 0 Å². The van der Waals surface area contributed by atoms with E-state index in [2.05, 4.69) is 30.3 Å². The number of nitriles is 1. The molecule has 3 nitrogen and oxygen atoms in total. The van der Waals surface area contributed by atoms with E-state index in [1.807, 2.05) is 0 Å². The van der Waals surface area contributed by atoms with Gasteiger partial charge in [0.25, 0.3) is 0 Å². The number of likely N-dealkylation sites (tertiary alicyclic amines) is 1. The van der Waals surface area contributed by atoms with Crippen molar-refractivity contribution < 1.29 is 0 Å². The van der Waals surface area contributed by atoms with Gasteiger partial charge in [-0.15, -0.1) is 0 Å². The second kappa shape index (κ2) is 4.11. The second-order valence-corrected chi connectivity index (χ2v) is 5.28. The van der Waals surface area contributed by atoms with Crippen LogP contribution in [-0.2, 0) is 0 Å². The lowest BCUT2D eigenvalue weighted by molar-refractivity contribution is 0.00256. The van der Waals surface area contributed by atoms with Crippen LogP contribution < -0.4 is 5.32 Å². The summed E-state index contributed by atoms with van der Waals surface area (Å²) in [4.78, 5) is 2.30. The first-order valence-electron chi connectivity index (χ1n) is 5.98. The summed E-state index contributed by atoms with van der Waals surface area (Å²) in [5.41, 5.74) is 0.298. The molecule has 2 heterocycles. The van der Waals surface area contributed by atoms with Crippen molar-refractivity contribution in [3.05, 3.63) is 0 Å². The van der Waals surface area contributed by atoms with Crippen molar-refractivity contribution in [2.45, 2.75) is 19.8 Å². The average molecular weight is 207 g/mol. The molecular weight excluding hydrogens is 186 g/mol. The molecule has 3 unspecified atom stereocenters. The molecule has 15 heavy (non-hydrogen) atoms. The highest BCUT2D eigenvalue weighted by Gasteiger charge is 2.47. The monoisotopic (exact) mass is 207 g/mol. The van der Waals surface area contributed by atoms with E-state index in [0.29, 0.717) is 11.3 Å². The molecule has 0 radical (unpaired) electrons. The minimum absolute atomic E-state index is 0.230. The summed E-state index contributed by atoms with van der Waals surface area (Å²) in [5.74, 6) is 0.873. The minimum Gasteiger partial charge on any atom is -0.316 e. The maximum Gasteiger partial charge on any atom is 0.0675 e. The number of hydrogen-bond acceptors (Lipinski definition) is 3. The smallest absolute Gasteiger partial charge is 0.0675 e. The van der Waals surface area contributed by atoms with Gasteiger partial charge in [-0.05, 0) is 50.9 Å². The Morgan fingerprint density at radius 3 is 2.93 bits per heavy atom. The van der Waals surface area contributed by atoms with Gasteiger partial charge in [-0.25, -0.2) is 0 Å². The molecule has 0 bridgehead atoms. The number of hydrogen-bond donors (Lipinski definition) is 1. The van der Waals surface area contributed by atoms with Crippen LogP contribution in [0.2, 0.25) is 0 Å². The zero-order valence-corrected chi connectivity index (χ0v) is 9.79. The first-order valence-corrected chi connectivity index (χ1v) is 5.98. The Morgan fingerprint density at radius 2 is 2.27 bits per heavy atom. The van der Waals surface area contributed by atoms with Gasteiger partial charge in [0.05, 0.1) is 12.0 Å². The fraction of sp³-hybridized carbons (Fsp3) is 0.917. The molecular formula is C12H21N3. The lowest BCUT2D eigenvalue weighted by atomic mass is 9.60. The van der Waals surface area contributed by atoms with Crippen molar-refractivity contribution in [2.75, 3.05) is 33.2 Å². The molecule has 2 saturated heterocycles. The summed E-state index contributed by atoms with van der Waals surface area (Å²) in [6.07, 6.45) is 2.38. The van der Waals surface area contributed by atoms with Crippen LogP contribution in [0.4, 0.5) is 0 Å². The predicted octanol–water partition coefficient (Wildman–Crippen LogP) is 1.08. The third kappa shape index (κ3) is 1.77. The molecule has 0 aromatic carbocycles. The predicted molar refractivity (Wildman–Crippen MR) is 60.3 cm³/mol. The Hall–Kier alpha value is -0.590. The Bertz CT molecular complexity index is 271. The average Bonchev–Trinajstić information content (AvgIpc) is 2.25. The molecule has 3 heteroatoms. The molecule has 1 N–H and O–H groups in total. The van der Waals surface area contributed by atoms with Crippen LogP contribution in [-0.4, -0.2) is 38.1 Å². The van der Waals surface area contributed by atoms with E-state index < -0.39 is 0 Å². The van der Waals surface area contributed by atoms with Gasteiger partial charge in [0.1, 0.15) is 0 Å². The van der Waals surface area contributed by atoms with E-state index in [4.69, 9.17) is 0 Å². The van der Waals surface area contributed by atoms with E-state index >= 15 is 0 Å². The molecule has 0 amide bonds. The third-order valence-electron chi connectivity index (χ3n) is 4.50. The fourth-order valence-electron chi connectivity index (χ4n) is 3.31. The number of piperidine rings is 2. The first kappa shape index (κ1) is 10.9. The van der Waals surface area contributed by atoms with E-state index in [0.717, 1.165) is 26.2 Å². The Labute approximate surface area is 92.4 Å². The zero-order chi connectivity index (χ0) is 10.9. The molecule has 2 rings (SSSR count). The van der Waals surface area contributed by atoms with Crippen molar-refractivity contribution in [3.8, 4) is 6.07 Å². The number of rotatable bonds is 0. The highest BCUT2D eigenvalue weighted by atomic mass is 15.1. The quantitative estimate of drug-likeness (QED) is 0.646. The number of nitrogens with zero attached hydrogens (tertiary/aromatic N) is 2. The van der Waals surface area contributed by atoms with Crippen molar-refractivity contribution >= 4 is 0 Å². The van der Waals surface area contributed by atoms with Crippen LogP contribution in [0.25, 0.3) is 0 Å². The fourth-order valence-corrected chi connectivity index (χ4v) is 3.31. The SMILES string of the molecule is CC1CNCCC12CCN(C)CC2C#N. The molecule has 0 saturated carbocycles. The lowest BCUT2D eigenvalue weighted by Crippen LogP contribution is -2.54. The second-order valence-electron chi connectivity index (χ2n) is 5.28. The Balaban J connectivity index is 2.20. The summed E-state index contributed by atoms with van der Waals surface area (Å²) in [5, 5.41) is 12.8. The van der Waals surface area contributed by atoms with Crippen LogP contribution in [0.1, 0.15) is 19.8 Å². The molecule has 0 aliphatic carbocycles. The molecule has 2 aliphatic heterocycles. The van der Waals surface area contributed by atoms with Gasteiger partial charge in [0.15, 0.2) is 0 Å². The van der Waals surface area contributed by atoms with E-state index in [1.165, 1.54) is 12.8 Å². The maximum atomic E-state index is 9.35. The van der Waals surface area contributed by atoms with Gasteiger partial charge in [-0.3, -0.25) is 0 Å². The maximum absolute atomic E-state index is 9.35. The van der Waals surface area contributed by atoms with Gasteiger partial charge in [-0.1, -0.05) is 6.92 Å². The Kier molecular flexibility index (Phi) is 2.99. The topological polar surface area (TPSA) is 39.1 Å². The highest BCUT2D eigenvalue weighted by Crippen LogP contribution is 2.46. The van der Waals surface area contributed by atoms with Crippen molar-refractivity contribution in [1.29, 1.82) is 5.26 Å². The van der Waals surface area contributed by atoms with Gasteiger partial charge < -0.3 is 10.2 Å². The lowest BCUT2D eigenvalue weighted by Gasteiger charge is -2.50. The van der Waals surface area contributed by atoms with Gasteiger partial charge in [0.2, 0.25) is 0 Å². The minimum atomic E-state index is 0.230. The zero-order valence-electron chi connectivity index (χ0n) is 9.79. The number of nitrogens with one attached hydrogen (secondary N) is 1. The van der Waals surface area contributed by atoms with Crippen LogP contribution in [0, 0.1) is 28.6 Å². The van der Waals surface area contributed by atoms with Gasteiger partial charge >= 0.3 is 0 Å². The third-order valence-corrected chi connectivity index (χ3v) is 4.50. The standard InChI is InChI=1S/C12H21N3/c1-10-8-14-5-3-12(10)4-6-15(2)9-11(12)7-13/h10-11,14H,3-6,8-9H2,1-2H3. The van der Waals surface area contributed by atoms with Crippen molar-refractivity contribution in [1.82, 2.24) is 10.2 Å². The molecule has 3 atom stereocenters. The van der Waals surface area contributed by atoms with E-state index in [-0.39, 0.29) is 5.92 Å². The van der Waals surface area contributed by atoms with Crippen molar-refractivity contribution in [3.63, 3.8) is 0 Å². The normalized spacial score (nSPS) is 42.7. The van der Waals surface area contributed by atoms with Gasteiger partial charge in [0, 0.05) is 6.54 Å². The largest absolute Gasteiger partial charge is 0.316 e. The molecule has 0 aromatic heterocycles. The molecule has 2 aliphatic rings. The summed E-state index contributed by atoms with van der Waals surface area (Å²) in [7, 11) is 2.13.